The highest BCUT2D eigenvalue weighted by molar-refractivity contribution is 5.86. The molecule has 3 rings (SSSR count). The largest absolute Gasteiger partial charge is 0.460 e. The van der Waals surface area contributed by atoms with E-state index in [1.165, 1.54) is 12.1 Å². The SMILES string of the molecule is CC(C)c1c(CCN(O)CC(O)CC(=O)OC(C)(C)C)c(-c2ccc(F)cc2)c(-c2ccccc2)n1C(C)C. The fraction of sp³-hybridized carbons (Fsp3) is 0.469. The highest BCUT2D eigenvalue weighted by atomic mass is 19.1. The summed E-state index contributed by atoms with van der Waals surface area (Å²) in [5, 5.41) is 22.2. The van der Waals surface area contributed by atoms with Gasteiger partial charge in [0.05, 0.1) is 24.8 Å². The second-order valence-corrected chi connectivity index (χ2v) is 11.7. The van der Waals surface area contributed by atoms with Crippen LogP contribution >= 0.6 is 0 Å². The lowest BCUT2D eigenvalue weighted by molar-refractivity contribution is -0.160. The van der Waals surface area contributed by atoms with Crippen LogP contribution in [0.2, 0.25) is 0 Å². The molecule has 1 heterocycles. The van der Waals surface area contributed by atoms with Gasteiger partial charge in [-0.3, -0.25) is 4.79 Å². The zero-order valence-electron chi connectivity index (χ0n) is 24.2. The Hall–Kier alpha value is -3.00. The summed E-state index contributed by atoms with van der Waals surface area (Å²) in [6, 6.07) is 16.9. The van der Waals surface area contributed by atoms with E-state index >= 15 is 0 Å². The number of aromatic nitrogens is 1. The van der Waals surface area contributed by atoms with Crippen LogP contribution in [0.5, 0.6) is 0 Å². The number of nitrogens with zero attached hydrogens (tertiary/aromatic N) is 2. The molecule has 0 aliphatic carbocycles. The molecule has 0 aliphatic rings. The fourth-order valence-corrected chi connectivity index (χ4v) is 5.10. The molecule has 1 atom stereocenters. The van der Waals surface area contributed by atoms with Gasteiger partial charge >= 0.3 is 5.97 Å². The number of ether oxygens (including phenoxy) is 1. The Bertz CT molecular complexity index is 1230. The molecule has 2 aromatic carbocycles. The van der Waals surface area contributed by atoms with Crippen LogP contribution < -0.4 is 0 Å². The summed E-state index contributed by atoms with van der Waals surface area (Å²) >= 11 is 0. The molecule has 0 bridgehead atoms. The molecular weight excluding hydrogens is 495 g/mol. The zero-order chi connectivity index (χ0) is 28.9. The fourth-order valence-electron chi connectivity index (χ4n) is 5.10. The number of hydrogen-bond donors (Lipinski definition) is 2. The summed E-state index contributed by atoms with van der Waals surface area (Å²) in [6.45, 7) is 14.1. The third kappa shape index (κ3) is 8.01. The molecule has 7 heteroatoms. The molecule has 3 aromatic rings. The van der Waals surface area contributed by atoms with Crippen LogP contribution in [0.1, 0.15) is 78.1 Å². The van der Waals surface area contributed by atoms with Crippen LogP contribution in [0.3, 0.4) is 0 Å². The molecule has 1 unspecified atom stereocenters. The number of hydrogen-bond acceptors (Lipinski definition) is 5. The summed E-state index contributed by atoms with van der Waals surface area (Å²) in [6.07, 6.45) is -0.768. The van der Waals surface area contributed by atoms with Gasteiger partial charge in [0.15, 0.2) is 0 Å². The molecule has 0 fully saturated rings. The van der Waals surface area contributed by atoms with Gasteiger partial charge in [0.1, 0.15) is 11.4 Å². The van der Waals surface area contributed by atoms with E-state index in [1.54, 1.807) is 32.9 Å². The second-order valence-electron chi connectivity index (χ2n) is 11.7. The van der Waals surface area contributed by atoms with Crippen molar-refractivity contribution in [2.24, 2.45) is 0 Å². The molecule has 39 heavy (non-hydrogen) atoms. The van der Waals surface area contributed by atoms with Crippen molar-refractivity contribution in [2.45, 2.75) is 85.0 Å². The molecule has 6 nitrogen and oxygen atoms in total. The topological polar surface area (TPSA) is 74.9 Å². The molecule has 0 spiro atoms. The van der Waals surface area contributed by atoms with Gasteiger partial charge in [-0.25, -0.2) is 4.39 Å². The van der Waals surface area contributed by atoms with Crippen LogP contribution in [-0.4, -0.2) is 50.7 Å². The molecule has 0 saturated heterocycles. The summed E-state index contributed by atoms with van der Waals surface area (Å²) in [5.41, 5.74) is 5.63. The first-order chi connectivity index (χ1) is 18.3. The van der Waals surface area contributed by atoms with Crippen LogP contribution in [-0.2, 0) is 16.0 Å². The Morgan fingerprint density at radius 3 is 2.15 bits per heavy atom. The maximum absolute atomic E-state index is 13.9. The number of aliphatic hydroxyl groups excluding tert-OH is 1. The zero-order valence-corrected chi connectivity index (χ0v) is 24.2. The Kier molecular flexibility index (Phi) is 10.1. The normalized spacial score (nSPS) is 12.9. The maximum Gasteiger partial charge on any atom is 0.308 e. The lowest BCUT2D eigenvalue weighted by Gasteiger charge is -2.23. The lowest BCUT2D eigenvalue weighted by atomic mass is 9.93. The lowest BCUT2D eigenvalue weighted by Crippen LogP contribution is -2.34. The first-order valence-corrected chi connectivity index (χ1v) is 13.7. The molecule has 2 N–H and O–H groups in total. The van der Waals surface area contributed by atoms with E-state index in [1.807, 2.05) is 18.2 Å². The van der Waals surface area contributed by atoms with Crippen molar-refractivity contribution in [3.63, 3.8) is 0 Å². The first kappa shape index (κ1) is 30.5. The maximum atomic E-state index is 13.9. The Morgan fingerprint density at radius 1 is 1.00 bits per heavy atom. The van der Waals surface area contributed by atoms with Gasteiger partial charge in [-0.15, -0.1) is 0 Å². The van der Waals surface area contributed by atoms with E-state index in [-0.39, 0.29) is 37.3 Å². The van der Waals surface area contributed by atoms with Gasteiger partial charge in [-0.1, -0.05) is 56.3 Å². The minimum atomic E-state index is -1.06. The third-order valence-corrected chi connectivity index (χ3v) is 6.46. The van der Waals surface area contributed by atoms with E-state index in [9.17, 15) is 19.5 Å². The number of rotatable bonds is 11. The summed E-state index contributed by atoms with van der Waals surface area (Å²) in [7, 11) is 0. The van der Waals surface area contributed by atoms with Crippen molar-refractivity contribution in [3.8, 4) is 22.4 Å². The van der Waals surface area contributed by atoms with Gasteiger partial charge in [0.25, 0.3) is 0 Å². The third-order valence-electron chi connectivity index (χ3n) is 6.46. The highest BCUT2D eigenvalue weighted by Gasteiger charge is 2.28. The summed E-state index contributed by atoms with van der Waals surface area (Å²) < 4.78 is 21.6. The van der Waals surface area contributed by atoms with Crippen LogP contribution in [0, 0.1) is 5.82 Å². The van der Waals surface area contributed by atoms with E-state index in [0.29, 0.717) is 6.42 Å². The molecule has 212 valence electrons. The quantitative estimate of drug-likeness (QED) is 0.203. The molecule has 0 radical (unpaired) electrons. The molecule has 0 aliphatic heterocycles. The minimum Gasteiger partial charge on any atom is -0.460 e. The predicted octanol–water partition coefficient (Wildman–Crippen LogP) is 6.99. The van der Waals surface area contributed by atoms with E-state index in [4.69, 9.17) is 4.74 Å². The van der Waals surface area contributed by atoms with E-state index in [0.717, 1.165) is 38.7 Å². The minimum absolute atomic E-state index is 0.0848. The van der Waals surface area contributed by atoms with E-state index in [2.05, 4.69) is 44.4 Å². The first-order valence-electron chi connectivity index (χ1n) is 13.7. The van der Waals surface area contributed by atoms with Crippen LogP contribution in [0.15, 0.2) is 54.6 Å². The summed E-state index contributed by atoms with van der Waals surface area (Å²) in [4.78, 5) is 12.1. The van der Waals surface area contributed by atoms with Crippen molar-refractivity contribution in [3.05, 3.63) is 71.7 Å². The van der Waals surface area contributed by atoms with E-state index < -0.39 is 17.7 Å². The second kappa shape index (κ2) is 12.9. The number of benzene rings is 2. The molecular formula is C32H43FN2O4. The molecule has 0 amide bonds. The van der Waals surface area contributed by atoms with Gasteiger partial charge in [-0.05, 0) is 75.8 Å². The van der Waals surface area contributed by atoms with Crippen LogP contribution in [0.25, 0.3) is 22.4 Å². The Morgan fingerprint density at radius 2 is 1.62 bits per heavy atom. The van der Waals surface area contributed by atoms with Gasteiger partial charge in [0, 0.05) is 23.8 Å². The van der Waals surface area contributed by atoms with Gasteiger partial charge in [-0.2, -0.15) is 5.06 Å². The standard InChI is InChI=1S/C32H43FN2O4/c1-21(2)30-27(17-18-34(38)20-26(36)19-28(37)39-32(5,6)7)29(23-13-15-25(33)16-14-23)31(35(30)22(3)4)24-11-9-8-10-12-24/h8-16,21-22,26,36,38H,17-20H2,1-7H3. The van der Waals surface area contributed by atoms with Crippen molar-refractivity contribution in [1.82, 2.24) is 9.63 Å². The predicted molar refractivity (Wildman–Crippen MR) is 153 cm³/mol. The number of halogens is 1. The van der Waals surface area contributed by atoms with Crippen molar-refractivity contribution < 1.29 is 24.2 Å². The number of esters is 1. The summed E-state index contributed by atoms with van der Waals surface area (Å²) in [5.74, 6) is -0.621. The van der Waals surface area contributed by atoms with Crippen molar-refractivity contribution >= 4 is 5.97 Å². The van der Waals surface area contributed by atoms with Crippen LogP contribution in [0.4, 0.5) is 4.39 Å². The smallest absolute Gasteiger partial charge is 0.308 e. The highest BCUT2D eigenvalue weighted by Crippen LogP contribution is 2.44. The van der Waals surface area contributed by atoms with Gasteiger partial charge < -0.3 is 19.6 Å². The number of aliphatic hydroxyl groups is 1. The Balaban J connectivity index is 2.00. The number of hydroxylamine groups is 2. The number of carbonyl (C=O) groups is 1. The average Bonchev–Trinajstić information content (AvgIpc) is 3.18. The van der Waals surface area contributed by atoms with Gasteiger partial charge in [0.2, 0.25) is 0 Å². The monoisotopic (exact) mass is 538 g/mol. The van der Waals surface area contributed by atoms with Crippen molar-refractivity contribution in [2.75, 3.05) is 13.1 Å². The van der Waals surface area contributed by atoms with Crippen molar-refractivity contribution in [1.29, 1.82) is 0 Å². The number of carbonyl (C=O) groups excluding carboxylic acids is 1. The Labute approximate surface area is 232 Å². The average molecular weight is 539 g/mol. The molecule has 0 saturated carbocycles. The molecule has 1 aromatic heterocycles.